The minimum atomic E-state index is -0.549. The fraction of sp³-hybridized carbons (Fsp3) is 0.333. The number of rotatable bonds is 3. The largest absolute Gasteiger partial charge is 0.508 e. The molecule has 0 bridgehead atoms. The van der Waals surface area contributed by atoms with E-state index >= 15 is 8.78 Å². The SMILES string of the molecule is Oc1ccc2c(c1)CC[C@H](c1ccc(F)cc1)[C@@H]2c1c(F)cc(C2CCNCC2)cc1F. The predicted molar refractivity (Wildman–Crippen MR) is 119 cm³/mol. The molecule has 2 aliphatic rings. The summed E-state index contributed by atoms with van der Waals surface area (Å²) < 4.78 is 44.8. The highest BCUT2D eigenvalue weighted by atomic mass is 19.1. The zero-order valence-corrected chi connectivity index (χ0v) is 17.8. The van der Waals surface area contributed by atoms with Gasteiger partial charge in [-0.25, -0.2) is 13.2 Å². The monoisotopic (exact) mass is 437 g/mol. The molecule has 0 amide bonds. The highest BCUT2D eigenvalue weighted by Crippen LogP contribution is 2.48. The molecule has 2 nitrogen and oxygen atoms in total. The quantitative estimate of drug-likeness (QED) is 0.516. The Morgan fingerprint density at radius 2 is 1.47 bits per heavy atom. The molecule has 3 aromatic rings. The van der Waals surface area contributed by atoms with Gasteiger partial charge in [-0.1, -0.05) is 18.2 Å². The Hall–Kier alpha value is -2.79. The molecule has 2 atom stereocenters. The van der Waals surface area contributed by atoms with Crippen molar-refractivity contribution in [1.82, 2.24) is 5.32 Å². The van der Waals surface area contributed by atoms with Crippen LogP contribution < -0.4 is 5.32 Å². The first-order valence-electron chi connectivity index (χ1n) is 11.3. The van der Waals surface area contributed by atoms with Gasteiger partial charge in [-0.3, -0.25) is 0 Å². The third kappa shape index (κ3) is 3.90. The zero-order valence-electron chi connectivity index (χ0n) is 17.8. The summed E-state index contributed by atoms with van der Waals surface area (Å²) in [7, 11) is 0. The highest BCUT2D eigenvalue weighted by Gasteiger charge is 2.36. The van der Waals surface area contributed by atoms with Gasteiger partial charge < -0.3 is 10.4 Å². The number of aryl methyl sites for hydroxylation is 1. The number of benzene rings is 3. The van der Waals surface area contributed by atoms with E-state index in [-0.39, 0.29) is 29.0 Å². The molecule has 0 unspecified atom stereocenters. The van der Waals surface area contributed by atoms with Gasteiger partial charge in [0.15, 0.2) is 0 Å². The lowest BCUT2D eigenvalue weighted by molar-refractivity contribution is 0.444. The van der Waals surface area contributed by atoms with Crippen LogP contribution in [0.3, 0.4) is 0 Å². The second kappa shape index (κ2) is 8.62. The summed E-state index contributed by atoms with van der Waals surface area (Å²) in [4.78, 5) is 0. The highest BCUT2D eigenvalue weighted by molar-refractivity contribution is 5.48. The van der Waals surface area contributed by atoms with Crippen molar-refractivity contribution < 1.29 is 18.3 Å². The number of hydrogen-bond donors (Lipinski definition) is 2. The Balaban J connectivity index is 1.62. The summed E-state index contributed by atoms with van der Waals surface area (Å²) in [5, 5.41) is 13.2. The van der Waals surface area contributed by atoms with E-state index in [0.29, 0.717) is 18.4 Å². The summed E-state index contributed by atoms with van der Waals surface area (Å²) in [5.41, 5.74) is 3.34. The molecule has 0 saturated carbocycles. The van der Waals surface area contributed by atoms with Gasteiger partial charge in [0.25, 0.3) is 0 Å². The maximum Gasteiger partial charge on any atom is 0.130 e. The molecular weight excluding hydrogens is 411 g/mol. The van der Waals surface area contributed by atoms with E-state index in [9.17, 15) is 9.50 Å². The zero-order chi connectivity index (χ0) is 22.2. The summed E-state index contributed by atoms with van der Waals surface area (Å²) in [6.45, 7) is 1.70. The van der Waals surface area contributed by atoms with Crippen molar-refractivity contribution in [3.8, 4) is 5.75 Å². The number of hydrogen-bond acceptors (Lipinski definition) is 2. The third-order valence-corrected chi connectivity index (χ3v) is 7.11. The first kappa shape index (κ1) is 21.1. The summed E-state index contributed by atoms with van der Waals surface area (Å²) >= 11 is 0. The molecule has 2 N–H and O–H groups in total. The Morgan fingerprint density at radius 3 is 2.16 bits per heavy atom. The third-order valence-electron chi connectivity index (χ3n) is 7.11. The van der Waals surface area contributed by atoms with E-state index in [4.69, 9.17) is 0 Å². The van der Waals surface area contributed by atoms with Crippen molar-refractivity contribution in [2.24, 2.45) is 0 Å². The van der Waals surface area contributed by atoms with Crippen LogP contribution in [0.4, 0.5) is 13.2 Å². The maximum atomic E-state index is 15.6. The van der Waals surface area contributed by atoms with E-state index in [2.05, 4.69) is 5.32 Å². The van der Waals surface area contributed by atoms with Crippen molar-refractivity contribution in [2.75, 3.05) is 13.1 Å². The van der Waals surface area contributed by atoms with E-state index in [0.717, 1.165) is 42.6 Å². The number of halogens is 3. The molecule has 0 spiro atoms. The summed E-state index contributed by atoms with van der Waals surface area (Å²) in [6.07, 6.45) is 3.06. The lowest BCUT2D eigenvalue weighted by Crippen LogP contribution is -2.27. The van der Waals surface area contributed by atoms with Crippen molar-refractivity contribution >= 4 is 0 Å². The molecule has 1 fully saturated rings. The second-order valence-corrected chi connectivity index (χ2v) is 8.98. The Bertz CT molecular complexity index is 1100. The minimum Gasteiger partial charge on any atom is -0.508 e. The number of nitrogens with one attached hydrogen (secondary N) is 1. The number of phenolic OH excluding ortho intramolecular Hbond substituents is 1. The fourth-order valence-electron chi connectivity index (χ4n) is 5.52. The van der Waals surface area contributed by atoms with Gasteiger partial charge in [0.05, 0.1) is 0 Å². The molecule has 5 rings (SSSR count). The molecule has 1 saturated heterocycles. The van der Waals surface area contributed by atoms with Crippen LogP contribution in [0.5, 0.6) is 5.75 Å². The Morgan fingerprint density at radius 1 is 0.781 bits per heavy atom. The van der Waals surface area contributed by atoms with Crippen LogP contribution in [0, 0.1) is 17.5 Å². The van der Waals surface area contributed by atoms with Crippen molar-refractivity contribution in [1.29, 1.82) is 0 Å². The molecule has 0 radical (unpaired) electrons. The van der Waals surface area contributed by atoms with Crippen molar-refractivity contribution in [3.05, 3.63) is 99.9 Å². The maximum absolute atomic E-state index is 15.6. The lowest BCUT2D eigenvalue weighted by atomic mass is 9.68. The Kier molecular flexibility index (Phi) is 5.68. The second-order valence-electron chi connectivity index (χ2n) is 8.98. The molecule has 1 aliphatic carbocycles. The van der Waals surface area contributed by atoms with E-state index in [1.165, 1.54) is 24.3 Å². The molecular formula is C27H26F3NO. The van der Waals surface area contributed by atoms with E-state index in [1.54, 1.807) is 30.3 Å². The van der Waals surface area contributed by atoms with Crippen LogP contribution in [0.2, 0.25) is 0 Å². The average molecular weight is 438 g/mol. The molecule has 1 heterocycles. The van der Waals surface area contributed by atoms with Crippen LogP contribution >= 0.6 is 0 Å². The number of piperidine rings is 1. The van der Waals surface area contributed by atoms with Gasteiger partial charge in [0.2, 0.25) is 0 Å². The van der Waals surface area contributed by atoms with Gasteiger partial charge in [-0.05, 0) is 109 Å². The fourth-order valence-corrected chi connectivity index (χ4v) is 5.52. The Labute approximate surface area is 186 Å². The predicted octanol–water partition coefficient (Wildman–Crippen LogP) is 6.14. The lowest BCUT2D eigenvalue weighted by Gasteiger charge is -2.35. The topological polar surface area (TPSA) is 32.3 Å². The van der Waals surface area contributed by atoms with Crippen molar-refractivity contribution in [2.45, 2.75) is 43.4 Å². The minimum absolute atomic E-state index is 0.0589. The van der Waals surface area contributed by atoms with Crippen LogP contribution in [0.25, 0.3) is 0 Å². The molecule has 32 heavy (non-hydrogen) atoms. The normalized spacial score (nSPS) is 21.3. The van der Waals surface area contributed by atoms with Gasteiger partial charge in [0, 0.05) is 11.5 Å². The van der Waals surface area contributed by atoms with Crippen LogP contribution in [-0.2, 0) is 6.42 Å². The van der Waals surface area contributed by atoms with Crippen molar-refractivity contribution in [3.63, 3.8) is 0 Å². The van der Waals surface area contributed by atoms with Crippen LogP contribution in [0.15, 0.2) is 54.6 Å². The van der Waals surface area contributed by atoms with Gasteiger partial charge in [-0.2, -0.15) is 0 Å². The molecule has 5 heteroatoms. The summed E-state index contributed by atoms with van der Waals surface area (Å²) in [6, 6.07) is 14.2. The first-order chi connectivity index (χ1) is 15.5. The standard InChI is InChI=1S/C27H26F3NO/c28-20-4-1-17(2-5-20)22-7-3-18-13-21(32)6-8-23(18)26(22)27-24(29)14-19(15-25(27)30)16-9-11-31-12-10-16/h1-2,4-6,8,13-16,22,26,31-32H,3,7,9-12H2/t22-,26+/m1/s1. The molecule has 0 aromatic heterocycles. The van der Waals surface area contributed by atoms with E-state index in [1.807, 2.05) is 0 Å². The van der Waals surface area contributed by atoms with Gasteiger partial charge in [0.1, 0.15) is 23.2 Å². The smallest absolute Gasteiger partial charge is 0.130 e. The van der Waals surface area contributed by atoms with Crippen LogP contribution in [0.1, 0.15) is 64.8 Å². The van der Waals surface area contributed by atoms with Gasteiger partial charge in [-0.15, -0.1) is 0 Å². The molecule has 1 aliphatic heterocycles. The number of phenols is 1. The number of aromatic hydroxyl groups is 1. The van der Waals surface area contributed by atoms with Crippen LogP contribution in [-0.4, -0.2) is 18.2 Å². The molecule has 166 valence electrons. The van der Waals surface area contributed by atoms with Gasteiger partial charge >= 0.3 is 0 Å². The van der Waals surface area contributed by atoms with E-state index < -0.39 is 17.6 Å². The summed E-state index contributed by atoms with van der Waals surface area (Å²) in [5.74, 6) is -1.85. The average Bonchev–Trinajstić information content (AvgIpc) is 2.79. The number of fused-ring (bicyclic) bond motifs is 1. The molecule has 3 aromatic carbocycles. The first-order valence-corrected chi connectivity index (χ1v) is 11.3.